The molecule has 5 aromatic carbocycles. The third kappa shape index (κ3) is 9.21. The molecule has 376 valence electrons. The second-order valence-electron chi connectivity index (χ2n) is 18.4. The third-order valence-corrected chi connectivity index (χ3v) is 15.0. The van der Waals surface area contributed by atoms with Crippen LogP contribution < -0.4 is 9.47 Å². The highest BCUT2D eigenvalue weighted by Crippen LogP contribution is 2.49. The predicted octanol–water partition coefficient (Wildman–Crippen LogP) is 7.57. The minimum absolute atomic E-state index is 0.158. The summed E-state index contributed by atoms with van der Waals surface area (Å²) in [6, 6.07) is 25.1. The van der Waals surface area contributed by atoms with Crippen molar-refractivity contribution in [2.24, 2.45) is 35.5 Å². The molecule has 0 spiro atoms. The SMILES string of the molecule is O=C1OC(=O)C2CC(C3CCC4C(=O)OC(=O)C4C3)CCC12.O=C1OC(=O)c2cc(Oc3ccc(Oc4ccc5c(c4)C(=O)OC5=O)cc3)ccc21.O=C1OC(=O)c2cc(Sc3ccc4c(c3)C(=O)OC4=O)ccc21. The van der Waals surface area contributed by atoms with Gasteiger partial charge in [-0.3, -0.25) is 19.2 Å². The topological polar surface area (TPSA) is 279 Å². The largest absolute Gasteiger partial charge is 0.457 e. The van der Waals surface area contributed by atoms with E-state index in [-0.39, 0.29) is 92.1 Å². The van der Waals surface area contributed by atoms with Crippen LogP contribution in [0.3, 0.4) is 0 Å². The first-order valence-corrected chi connectivity index (χ1v) is 24.1. The molecular formula is C54H34O20S. The number of benzene rings is 5. The molecule has 0 N–H and O–H groups in total. The minimum atomic E-state index is -0.705. The summed E-state index contributed by atoms with van der Waals surface area (Å²) in [5, 5.41) is 0. The van der Waals surface area contributed by atoms with Crippen molar-refractivity contribution in [1.82, 2.24) is 0 Å². The Hall–Kier alpha value is -9.11. The van der Waals surface area contributed by atoms with Gasteiger partial charge in [-0.25, -0.2) is 38.4 Å². The number of hydrogen-bond acceptors (Lipinski definition) is 21. The quantitative estimate of drug-likeness (QED) is 0.0863. The van der Waals surface area contributed by atoms with Crippen LogP contribution >= 0.6 is 11.8 Å². The lowest BCUT2D eigenvalue weighted by atomic mass is 9.64. The van der Waals surface area contributed by atoms with Gasteiger partial charge in [-0.05, 0) is 147 Å². The summed E-state index contributed by atoms with van der Waals surface area (Å²) in [5.74, 6) is -5.72. The average molecular weight is 1030 g/mol. The van der Waals surface area contributed by atoms with Gasteiger partial charge in [0.15, 0.2) is 0 Å². The normalized spacial score (nSPS) is 23.4. The highest BCUT2D eigenvalue weighted by atomic mass is 32.2. The Bertz CT molecular complexity index is 3220. The Balaban J connectivity index is 0.000000122. The van der Waals surface area contributed by atoms with Gasteiger partial charge in [-0.15, -0.1) is 0 Å². The van der Waals surface area contributed by atoms with Gasteiger partial charge in [0.2, 0.25) is 0 Å². The van der Waals surface area contributed by atoms with Crippen LogP contribution in [0.5, 0.6) is 23.0 Å². The number of hydrogen-bond donors (Lipinski definition) is 0. The number of cyclic esters (lactones) is 12. The van der Waals surface area contributed by atoms with Crippen LogP contribution in [-0.2, 0) is 47.6 Å². The maximum absolute atomic E-state index is 11.8. The van der Waals surface area contributed by atoms with E-state index < -0.39 is 47.8 Å². The van der Waals surface area contributed by atoms with Crippen LogP contribution in [0, 0.1) is 35.5 Å². The maximum atomic E-state index is 11.8. The van der Waals surface area contributed by atoms with Gasteiger partial charge in [-0.2, -0.15) is 0 Å². The standard InChI is InChI=1S/C22H10O8.C16H6O6S.C16H18O6/c23-19-15-7-5-13(9-17(15)21(25)29-19)27-11-1-2-12(4-3-11)28-14-6-8-16-18(10-14)22(26)30-20(16)24;17-13-9-3-1-7(5-11(9)15(19)21-13)23-8-2-4-10-12(6-8)16(20)22-14(10)18;17-13-9-3-1-7(5-11(9)15(19)21-13)8-2-4-10-12(6-8)16(20)22-14(10)18/h1-10H;1-6H;7-12H,1-6H2. The molecule has 6 unspecified atom stereocenters. The fourth-order valence-corrected chi connectivity index (χ4v) is 11.2. The Labute approximate surface area is 425 Å². The number of esters is 12. The van der Waals surface area contributed by atoms with E-state index in [1.165, 1.54) is 48.2 Å². The lowest BCUT2D eigenvalue weighted by molar-refractivity contribution is -0.155. The van der Waals surface area contributed by atoms with Crippen LogP contribution in [0.4, 0.5) is 0 Å². The molecule has 0 aromatic heterocycles. The Morgan fingerprint density at radius 3 is 0.960 bits per heavy atom. The van der Waals surface area contributed by atoms with Crippen molar-refractivity contribution in [3.05, 3.63) is 142 Å². The molecule has 13 rings (SSSR count). The van der Waals surface area contributed by atoms with Crippen molar-refractivity contribution < 1.29 is 95.4 Å². The third-order valence-electron chi connectivity index (χ3n) is 14.1. The van der Waals surface area contributed by atoms with Gasteiger partial charge in [0.05, 0.1) is 68.2 Å². The summed E-state index contributed by atoms with van der Waals surface area (Å²) in [5.41, 5.74) is 1.64. The van der Waals surface area contributed by atoms with E-state index in [0.29, 0.717) is 70.3 Å². The van der Waals surface area contributed by atoms with Crippen molar-refractivity contribution in [3.8, 4) is 23.0 Å². The van der Waals surface area contributed by atoms with Crippen LogP contribution in [0.25, 0.3) is 0 Å². The first-order valence-electron chi connectivity index (χ1n) is 23.3. The maximum Gasteiger partial charge on any atom is 0.347 e. The fraction of sp³-hybridized carbons (Fsp3) is 0.222. The summed E-state index contributed by atoms with van der Waals surface area (Å²) in [6.07, 6.45) is 4.48. The van der Waals surface area contributed by atoms with Crippen LogP contribution in [-0.4, -0.2) is 71.6 Å². The average Bonchev–Trinajstić information content (AvgIpc) is 4.19. The lowest BCUT2D eigenvalue weighted by Gasteiger charge is -2.37. The molecule has 0 radical (unpaired) electrons. The van der Waals surface area contributed by atoms with E-state index in [1.807, 2.05) is 0 Å². The Morgan fingerprint density at radius 1 is 0.307 bits per heavy atom. The van der Waals surface area contributed by atoms with Crippen LogP contribution in [0.1, 0.15) is 121 Å². The smallest absolute Gasteiger partial charge is 0.347 e. The second kappa shape index (κ2) is 19.1. The van der Waals surface area contributed by atoms with Crippen molar-refractivity contribution >= 4 is 83.4 Å². The van der Waals surface area contributed by atoms with Gasteiger partial charge >= 0.3 is 71.6 Å². The predicted molar refractivity (Wildman–Crippen MR) is 246 cm³/mol. The molecule has 5 aromatic rings. The van der Waals surface area contributed by atoms with Crippen molar-refractivity contribution in [2.45, 2.75) is 48.3 Å². The summed E-state index contributed by atoms with van der Waals surface area (Å²) >= 11 is 1.29. The van der Waals surface area contributed by atoms with Gasteiger partial charge in [0.25, 0.3) is 0 Å². The van der Waals surface area contributed by atoms with E-state index >= 15 is 0 Å². The number of fused-ring (bicyclic) bond motifs is 6. The summed E-state index contributed by atoms with van der Waals surface area (Å²) in [7, 11) is 0. The van der Waals surface area contributed by atoms with Crippen LogP contribution in [0.15, 0.2) is 107 Å². The molecular weight excluding hydrogens is 1000 g/mol. The molecule has 0 bridgehead atoms. The van der Waals surface area contributed by atoms with Crippen molar-refractivity contribution in [3.63, 3.8) is 0 Å². The molecule has 0 amide bonds. The first-order chi connectivity index (χ1) is 36.0. The number of rotatable bonds is 7. The van der Waals surface area contributed by atoms with E-state index in [0.717, 1.165) is 12.8 Å². The molecule has 6 atom stereocenters. The van der Waals surface area contributed by atoms with Gasteiger partial charge in [0, 0.05) is 9.79 Å². The van der Waals surface area contributed by atoms with Gasteiger partial charge < -0.3 is 37.9 Å². The van der Waals surface area contributed by atoms with Crippen LogP contribution in [0.2, 0.25) is 0 Å². The Morgan fingerprint density at radius 2 is 0.600 bits per heavy atom. The van der Waals surface area contributed by atoms with E-state index in [2.05, 4.69) is 18.9 Å². The fourth-order valence-electron chi connectivity index (χ4n) is 10.3. The first kappa shape index (κ1) is 48.2. The highest BCUT2D eigenvalue weighted by molar-refractivity contribution is 7.99. The molecule has 75 heavy (non-hydrogen) atoms. The molecule has 6 aliphatic heterocycles. The van der Waals surface area contributed by atoms with Gasteiger partial charge in [-0.1, -0.05) is 11.8 Å². The van der Waals surface area contributed by atoms with E-state index in [9.17, 15) is 57.5 Å². The van der Waals surface area contributed by atoms with Crippen molar-refractivity contribution in [2.75, 3.05) is 0 Å². The number of carbonyl (C=O) groups excluding carboxylic acids is 12. The molecule has 2 saturated carbocycles. The second-order valence-corrected chi connectivity index (χ2v) is 19.5. The number of carbonyl (C=O) groups is 12. The minimum Gasteiger partial charge on any atom is -0.457 e. The van der Waals surface area contributed by atoms with E-state index in [4.69, 9.17) is 18.9 Å². The molecule has 8 aliphatic rings. The molecule has 21 heteroatoms. The Kier molecular flexibility index (Phi) is 12.2. The van der Waals surface area contributed by atoms with Gasteiger partial charge in [0.1, 0.15) is 23.0 Å². The number of ether oxygens (including phenoxy) is 8. The zero-order chi connectivity index (χ0) is 52.4. The summed E-state index contributed by atoms with van der Waals surface area (Å²) < 4.78 is 39.1. The van der Waals surface area contributed by atoms with E-state index in [1.54, 1.807) is 60.7 Å². The monoisotopic (exact) mass is 1030 g/mol. The summed E-state index contributed by atoms with van der Waals surface area (Å²) in [6.45, 7) is 0. The van der Waals surface area contributed by atoms with Crippen molar-refractivity contribution in [1.29, 1.82) is 0 Å². The molecule has 2 saturated heterocycles. The summed E-state index contributed by atoms with van der Waals surface area (Å²) in [4.78, 5) is 140. The zero-order valence-corrected chi connectivity index (χ0v) is 39.3. The lowest BCUT2D eigenvalue weighted by Crippen LogP contribution is -2.35. The molecule has 2 aliphatic carbocycles. The zero-order valence-electron chi connectivity index (χ0n) is 38.5. The molecule has 20 nitrogen and oxygen atoms in total. The molecule has 6 heterocycles. The highest BCUT2D eigenvalue weighted by Gasteiger charge is 2.52. The molecule has 4 fully saturated rings.